The van der Waals surface area contributed by atoms with Gasteiger partial charge in [0.2, 0.25) is 0 Å². The topological polar surface area (TPSA) is 26.2 Å². The molecule has 3 heterocycles. The van der Waals surface area contributed by atoms with Crippen molar-refractivity contribution in [3.63, 3.8) is 0 Å². The van der Waals surface area contributed by atoms with Crippen LogP contribution in [0.1, 0.15) is 0 Å². The molecule has 0 N–H and O–H groups in total. The van der Waals surface area contributed by atoms with E-state index in [0.29, 0.717) is 0 Å². The third kappa shape index (κ3) is 4.99. The van der Waals surface area contributed by atoms with E-state index >= 15 is 0 Å². The first-order valence-electron chi connectivity index (χ1n) is 21.9. The largest absolute Gasteiger partial charge is 0.456 e. The van der Waals surface area contributed by atoms with Crippen LogP contribution in [0.15, 0.2) is 229 Å². The molecule has 0 amide bonds. The maximum absolute atomic E-state index is 6.56. The van der Waals surface area contributed by atoms with Gasteiger partial charge in [0, 0.05) is 61.1 Å². The van der Waals surface area contributed by atoms with E-state index in [1.54, 1.807) is 0 Å². The summed E-state index contributed by atoms with van der Waals surface area (Å²) in [6.45, 7) is 0. The molecule has 0 spiro atoms. The predicted molar refractivity (Wildman–Crippen MR) is 270 cm³/mol. The van der Waals surface area contributed by atoms with Gasteiger partial charge in [-0.05, 0) is 111 Å². The van der Waals surface area contributed by atoms with E-state index in [2.05, 4.69) is 232 Å². The number of rotatable bonds is 5. The lowest BCUT2D eigenvalue weighted by Gasteiger charge is -2.26. The third-order valence-electron chi connectivity index (χ3n) is 13.5. The molecule has 0 saturated heterocycles. The zero-order chi connectivity index (χ0) is 41.9. The Hall–Kier alpha value is -8.60. The molecule has 3 aromatic heterocycles. The second kappa shape index (κ2) is 13.4. The highest BCUT2D eigenvalue weighted by Crippen LogP contribution is 2.45. The maximum atomic E-state index is 6.56. The molecular formula is C60H37N3O. The molecule has 0 radical (unpaired) electrons. The summed E-state index contributed by atoms with van der Waals surface area (Å²) >= 11 is 0. The van der Waals surface area contributed by atoms with Crippen LogP contribution in [-0.4, -0.2) is 9.13 Å². The number of fused-ring (bicyclic) bond motifs is 15. The second-order valence-electron chi connectivity index (χ2n) is 16.8. The maximum Gasteiger partial charge on any atom is 0.137 e. The highest BCUT2D eigenvalue weighted by Gasteiger charge is 2.23. The van der Waals surface area contributed by atoms with Crippen molar-refractivity contribution in [3.05, 3.63) is 224 Å². The number of aromatic nitrogens is 2. The summed E-state index contributed by atoms with van der Waals surface area (Å²) in [6.07, 6.45) is 0. The molecule has 14 rings (SSSR count). The first-order chi connectivity index (χ1) is 31.8. The fourth-order valence-corrected chi connectivity index (χ4v) is 10.7. The number of hydrogen-bond donors (Lipinski definition) is 0. The molecule has 64 heavy (non-hydrogen) atoms. The van der Waals surface area contributed by atoms with Crippen molar-refractivity contribution >= 4 is 115 Å². The van der Waals surface area contributed by atoms with E-state index in [1.165, 1.54) is 64.9 Å². The van der Waals surface area contributed by atoms with Gasteiger partial charge in [-0.25, -0.2) is 0 Å². The average Bonchev–Trinajstić information content (AvgIpc) is 4.02. The lowest BCUT2D eigenvalue weighted by atomic mass is 9.94. The van der Waals surface area contributed by atoms with Gasteiger partial charge < -0.3 is 18.5 Å². The lowest BCUT2D eigenvalue weighted by Crippen LogP contribution is -2.10. The lowest BCUT2D eigenvalue weighted by molar-refractivity contribution is 0.669. The van der Waals surface area contributed by atoms with Crippen molar-refractivity contribution in [3.8, 4) is 11.4 Å². The van der Waals surface area contributed by atoms with Crippen molar-refractivity contribution < 1.29 is 4.42 Å². The molecule has 11 aromatic carbocycles. The van der Waals surface area contributed by atoms with Gasteiger partial charge in [0.05, 0.1) is 27.8 Å². The Morgan fingerprint density at radius 2 is 0.766 bits per heavy atom. The number of furan rings is 1. The van der Waals surface area contributed by atoms with Crippen molar-refractivity contribution in [1.82, 2.24) is 9.13 Å². The molecule has 0 bridgehead atoms. The number of anilines is 3. The first-order valence-corrected chi connectivity index (χ1v) is 21.9. The molecule has 0 aliphatic rings. The van der Waals surface area contributed by atoms with Crippen molar-refractivity contribution in [1.29, 1.82) is 0 Å². The number of para-hydroxylation sites is 4. The highest BCUT2D eigenvalue weighted by molar-refractivity contribution is 6.26. The molecule has 14 aromatic rings. The van der Waals surface area contributed by atoms with Gasteiger partial charge in [0.1, 0.15) is 11.2 Å². The Morgan fingerprint density at radius 3 is 1.50 bits per heavy atom. The van der Waals surface area contributed by atoms with E-state index < -0.39 is 0 Å². The van der Waals surface area contributed by atoms with Gasteiger partial charge in [-0.3, -0.25) is 0 Å². The molecule has 298 valence electrons. The Bertz CT molecular complexity index is 4170. The van der Waals surface area contributed by atoms with Crippen molar-refractivity contribution in [2.24, 2.45) is 0 Å². The van der Waals surface area contributed by atoms with Crippen LogP contribution in [0, 0.1) is 0 Å². The van der Waals surface area contributed by atoms with Crippen LogP contribution in [0.4, 0.5) is 17.1 Å². The van der Waals surface area contributed by atoms with Crippen molar-refractivity contribution in [2.45, 2.75) is 0 Å². The van der Waals surface area contributed by atoms with Crippen LogP contribution in [0.2, 0.25) is 0 Å². The van der Waals surface area contributed by atoms with E-state index in [9.17, 15) is 0 Å². The number of nitrogens with zero attached hydrogens (tertiary/aromatic N) is 3. The van der Waals surface area contributed by atoms with Crippen LogP contribution < -0.4 is 4.90 Å². The zero-order valence-corrected chi connectivity index (χ0v) is 34.6. The van der Waals surface area contributed by atoms with E-state index in [4.69, 9.17) is 4.42 Å². The van der Waals surface area contributed by atoms with Crippen LogP contribution in [-0.2, 0) is 0 Å². The fourth-order valence-electron chi connectivity index (χ4n) is 10.7. The number of benzene rings is 11. The molecule has 4 nitrogen and oxygen atoms in total. The highest BCUT2D eigenvalue weighted by atomic mass is 16.3. The van der Waals surface area contributed by atoms with Gasteiger partial charge in [-0.2, -0.15) is 0 Å². The summed E-state index contributed by atoms with van der Waals surface area (Å²) in [4.78, 5) is 2.40. The smallest absolute Gasteiger partial charge is 0.137 e. The first kappa shape index (κ1) is 35.0. The Balaban J connectivity index is 1.06. The quantitative estimate of drug-likeness (QED) is 0.162. The third-order valence-corrected chi connectivity index (χ3v) is 13.5. The zero-order valence-electron chi connectivity index (χ0n) is 34.6. The molecular weight excluding hydrogens is 779 g/mol. The summed E-state index contributed by atoms with van der Waals surface area (Å²) < 4.78 is 11.4. The van der Waals surface area contributed by atoms with E-state index in [1.807, 2.05) is 6.07 Å². The Morgan fingerprint density at radius 1 is 0.281 bits per heavy atom. The second-order valence-corrected chi connectivity index (χ2v) is 16.8. The Kier molecular flexibility index (Phi) is 7.36. The Labute approximate surface area is 367 Å². The summed E-state index contributed by atoms with van der Waals surface area (Å²) in [5, 5.41) is 14.6. The van der Waals surface area contributed by atoms with Crippen LogP contribution >= 0.6 is 0 Å². The minimum Gasteiger partial charge on any atom is -0.456 e. The van der Waals surface area contributed by atoms with Gasteiger partial charge in [0.15, 0.2) is 0 Å². The minimum absolute atomic E-state index is 0.859. The summed E-state index contributed by atoms with van der Waals surface area (Å²) in [5.74, 6) is 0. The molecule has 0 unspecified atom stereocenters. The predicted octanol–water partition coefficient (Wildman–Crippen LogP) is 16.7. The monoisotopic (exact) mass is 815 g/mol. The standard InChI is InChI=1S/C60H37N3O/c1-2-15-38(16-3-1)62-54-25-12-9-23-51(54)60-55(62)26-14-27-56(60)63-53-24-11-8-21-47(53)48-33-30-40(36-57(48)63)61(41-31-34-50-49-22-10-13-28-58(49)64-59(50)37-41)39-29-32-46-44-19-5-4-17-42(44)43-18-6-7-20-45(43)52(46)35-39/h1-37H. The molecule has 4 heteroatoms. The van der Waals surface area contributed by atoms with Crippen LogP contribution in [0.25, 0.3) is 109 Å². The molecule has 0 aliphatic carbocycles. The van der Waals surface area contributed by atoms with Gasteiger partial charge in [0.25, 0.3) is 0 Å². The average molecular weight is 816 g/mol. The minimum atomic E-state index is 0.859. The van der Waals surface area contributed by atoms with Crippen LogP contribution in [0.3, 0.4) is 0 Å². The normalized spacial score (nSPS) is 12.1. The molecule has 0 saturated carbocycles. The van der Waals surface area contributed by atoms with Gasteiger partial charge in [-0.15, -0.1) is 0 Å². The van der Waals surface area contributed by atoms with E-state index in [-0.39, 0.29) is 0 Å². The summed E-state index contributed by atoms with van der Waals surface area (Å²) in [7, 11) is 0. The fraction of sp³-hybridized carbons (Fsp3) is 0. The van der Waals surface area contributed by atoms with Gasteiger partial charge >= 0.3 is 0 Å². The van der Waals surface area contributed by atoms with E-state index in [0.717, 1.165) is 61.4 Å². The van der Waals surface area contributed by atoms with Gasteiger partial charge in [-0.1, -0.05) is 140 Å². The molecule has 0 fully saturated rings. The van der Waals surface area contributed by atoms with Crippen molar-refractivity contribution in [2.75, 3.05) is 4.90 Å². The number of hydrogen-bond acceptors (Lipinski definition) is 2. The summed E-state index contributed by atoms with van der Waals surface area (Å²) in [6, 6.07) is 81.6. The molecule has 0 aliphatic heterocycles. The molecule has 0 atom stereocenters. The van der Waals surface area contributed by atoms with Crippen LogP contribution in [0.5, 0.6) is 0 Å². The summed E-state index contributed by atoms with van der Waals surface area (Å²) in [5.41, 5.74) is 11.8. The SMILES string of the molecule is c1ccc(-n2c3ccccc3c3c(-n4c5ccccc5c5ccc(N(c6ccc7c(c6)oc6ccccc67)c6ccc7c8ccccc8c8ccccc8c7c6)cc54)cccc32)cc1.